The van der Waals surface area contributed by atoms with Crippen LogP contribution in [0.3, 0.4) is 0 Å². The molecule has 32 heavy (non-hydrogen) atoms. The van der Waals surface area contributed by atoms with E-state index in [0.717, 1.165) is 0 Å². The van der Waals surface area contributed by atoms with Gasteiger partial charge in [0.25, 0.3) is 0 Å². The number of ether oxygens (including phenoxy) is 1. The number of carboxylic acid groups (broad SMARTS) is 2. The van der Waals surface area contributed by atoms with Gasteiger partial charge in [-0.25, -0.2) is 4.79 Å². The van der Waals surface area contributed by atoms with Crippen molar-refractivity contribution in [2.75, 3.05) is 13.1 Å². The molecule has 0 spiro atoms. The van der Waals surface area contributed by atoms with Crippen LogP contribution in [0.25, 0.3) is 0 Å². The third kappa shape index (κ3) is 5.11. The number of amides is 2. The third-order valence-electron chi connectivity index (χ3n) is 5.24. The van der Waals surface area contributed by atoms with Crippen molar-refractivity contribution >= 4 is 30.9 Å². The number of rotatable bonds is 8. The van der Waals surface area contributed by atoms with Crippen LogP contribution in [0.4, 0.5) is 0 Å². The Kier molecular flexibility index (Phi) is 6.89. The highest BCUT2D eigenvalue weighted by molar-refractivity contribution is 6.44. The fourth-order valence-corrected chi connectivity index (χ4v) is 3.52. The van der Waals surface area contributed by atoms with Crippen LogP contribution in [-0.4, -0.2) is 82.3 Å². The second kappa shape index (κ2) is 9.45. The number of carboxylic acids is 2. The number of nitrogens with zero attached hydrogens (tertiary/aromatic N) is 1. The molecule has 1 unspecified atom stereocenters. The quantitative estimate of drug-likeness (QED) is 0.298. The number of carbonyl (C=O) groups excluding carboxylic acids is 2. The highest BCUT2D eigenvalue weighted by Gasteiger charge is 2.37. The largest absolute Gasteiger partial charge is 0.535 e. The maximum Gasteiger partial charge on any atom is 0.522 e. The number of aryl methyl sites for hydroxylation is 1. The number of hydrogen-bond donors (Lipinski definition) is 5. The molecule has 1 aromatic rings. The number of hydrogen-bond acceptors (Lipinski definition) is 8. The predicted molar refractivity (Wildman–Crippen MR) is 109 cm³/mol. The van der Waals surface area contributed by atoms with Crippen molar-refractivity contribution in [3.05, 3.63) is 23.3 Å². The van der Waals surface area contributed by atoms with Crippen molar-refractivity contribution in [1.29, 1.82) is 0 Å². The summed E-state index contributed by atoms with van der Waals surface area (Å²) in [6.07, 6.45) is -0.190. The molecule has 0 aliphatic carbocycles. The Morgan fingerprint density at radius 2 is 2.00 bits per heavy atom. The van der Waals surface area contributed by atoms with Gasteiger partial charge in [0, 0.05) is 0 Å². The number of likely N-dealkylation sites (tertiary alicyclic amines) is 1. The van der Waals surface area contributed by atoms with Crippen molar-refractivity contribution in [1.82, 2.24) is 10.2 Å². The van der Waals surface area contributed by atoms with E-state index >= 15 is 0 Å². The molecule has 2 atom stereocenters. The van der Waals surface area contributed by atoms with E-state index in [1.54, 1.807) is 6.07 Å². The fraction of sp³-hybridized carbons (Fsp3) is 0.474. The number of benzene rings is 1. The van der Waals surface area contributed by atoms with Gasteiger partial charge in [0.1, 0.15) is 29.2 Å². The van der Waals surface area contributed by atoms with Gasteiger partial charge >= 0.3 is 19.1 Å². The average molecular weight is 449 g/mol. The molecule has 6 N–H and O–H groups in total. The minimum Gasteiger partial charge on any atom is -0.535 e. The lowest BCUT2D eigenvalue weighted by molar-refractivity contribution is -0.144. The van der Waals surface area contributed by atoms with Crippen LogP contribution in [0.5, 0.6) is 11.5 Å². The Hall–Kier alpha value is -3.32. The third-order valence-corrected chi connectivity index (χ3v) is 5.24. The number of nitrogens with one attached hydrogen (secondary N) is 1. The van der Waals surface area contributed by atoms with Crippen LogP contribution < -0.4 is 20.4 Å². The maximum absolute atomic E-state index is 12.5. The molecular weight excluding hydrogens is 425 g/mol. The van der Waals surface area contributed by atoms with E-state index in [9.17, 15) is 29.3 Å². The van der Waals surface area contributed by atoms with Crippen LogP contribution in [0.1, 0.15) is 29.3 Å². The molecular formula is C19H24BN3O9. The first-order valence-electron chi connectivity index (χ1n) is 10.0. The van der Waals surface area contributed by atoms with E-state index in [1.807, 2.05) is 0 Å². The first-order chi connectivity index (χ1) is 15.1. The Balaban J connectivity index is 1.58. The summed E-state index contributed by atoms with van der Waals surface area (Å²) in [5.41, 5.74) is 5.96. The zero-order valence-corrected chi connectivity index (χ0v) is 17.3. The molecule has 172 valence electrons. The first-order valence-corrected chi connectivity index (χ1v) is 10.0. The molecule has 2 aliphatic heterocycles. The topological polar surface area (TPSA) is 189 Å². The summed E-state index contributed by atoms with van der Waals surface area (Å²) < 4.78 is 11.1. The number of carbonyl (C=O) groups is 4. The summed E-state index contributed by atoms with van der Waals surface area (Å²) in [6, 6.07) is 1.02. The van der Waals surface area contributed by atoms with E-state index in [2.05, 4.69) is 5.32 Å². The van der Waals surface area contributed by atoms with Gasteiger partial charge in [-0.3, -0.25) is 14.4 Å². The second-order valence-electron chi connectivity index (χ2n) is 7.76. The van der Waals surface area contributed by atoms with Crippen LogP contribution in [0.2, 0.25) is 6.32 Å². The lowest BCUT2D eigenvalue weighted by Gasteiger charge is -2.40. The van der Waals surface area contributed by atoms with Crippen molar-refractivity contribution in [3.8, 4) is 11.5 Å². The summed E-state index contributed by atoms with van der Waals surface area (Å²) >= 11 is 0. The van der Waals surface area contributed by atoms with Gasteiger partial charge < -0.3 is 40.6 Å². The summed E-state index contributed by atoms with van der Waals surface area (Å²) in [5, 5.41) is 30.4. The molecule has 0 bridgehead atoms. The zero-order chi connectivity index (χ0) is 23.6. The lowest BCUT2D eigenvalue weighted by atomic mass is 9.78. The number of aromatic carboxylic acids is 1. The van der Waals surface area contributed by atoms with E-state index in [0.29, 0.717) is 18.3 Å². The Labute approximate surface area is 183 Å². The SMILES string of the molecule is C[C@@H](NC(=O)C(N)CC(=O)O)C(=O)N1CC(Oc2ccc3c(c2C(=O)O)OB(O)CC3)C1. The van der Waals surface area contributed by atoms with E-state index in [4.69, 9.17) is 20.2 Å². The number of nitrogens with two attached hydrogens (primary N) is 1. The lowest BCUT2D eigenvalue weighted by Crippen LogP contribution is -2.61. The van der Waals surface area contributed by atoms with Crippen molar-refractivity contribution in [2.24, 2.45) is 5.73 Å². The van der Waals surface area contributed by atoms with Gasteiger partial charge in [0.05, 0.1) is 25.6 Å². The number of aliphatic carboxylic acids is 1. The standard InChI is InChI=1S/C19H24BN3O9/c1-9(22-17(26)12(21)6-14(24)25)18(27)23-7-11(8-23)31-13-3-2-10-4-5-20(30)32-16(10)15(13)19(28)29/h2-3,9,11-12,30H,4-8,21H2,1H3,(H,22,26)(H,24,25)(H,28,29)/t9-,12?/m1/s1. The van der Waals surface area contributed by atoms with Gasteiger partial charge in [-0.05, 0) is 31.3 Å². The summed E-state index contributed by atoms with van der Waals surface area (Å²) in [4.78, 5) is 48.2. The molecule has 0 saturated carbocycles. The molecule has 1 fully saturated rings. The average Bonchev–Trinajstić information content (AvgIpc) is 2.68. The zero-order valence-electron chi connectivity index (χ0n) is 17.3. The Morgan fingerprint density at radius 1 is 1.31 bits per heavy atom. The van der Waals surface area contributed by atoms with Crippen molar-refractivity contribution < 1.29 is 43.8 Å². The van der Waals surface area contributed by atoms with Gasteiger partial charge in [-0.2, -0.15) is 0 Å². The molecule has 3 rings (SSSR count). The molecule has 2 amide bonds. The van der Waals surface area contributed by atoms with Crippen LogP contribution in [-0.2, 0) is 20.8 Å². The van der Waals surface area contributed by atoms with E-state index in [1.165, 1.54) is 17.9 Å². The van der Waals surface area contributed by atoms with Gasteiger partial charge in [0.15, 0.2) is 0 Å². The Morgan fingerprint density at radius 3 is 2.62 bits per heavy atom. The maximum atomic E-state index is 12.5. The van der Waals surface area contributed by atoms with E-state index < -0.39 is 55.5 Å². The minimum atomic E-state index is -1.27. The van der Waals surface area contributed by atoms with Gasteiger partial charge in [-0.1, -0.05) is 6.07 Å². The molecule has 1 aromatic carbocycles. The summed E-state index contributed by atoms with van der Waals surface area (Å²) in [6.45, 7) is 1.79. The highest BCUT2D eigenvalue weighted by Crippen LogP contribution is 2.37. The molecule has 2 aliphatic rings. The summed E-state index contributed by atoms with van der Waals surface area (Å²) in [5.74, 6) is -3.48. The monoisotopic (exact) mass is 449 g/mol. The minimum absolute atomic E-state index is 0.0726. The Bertz CT molecular complexity index is 935. The molecule has 0 radical (unpaired) electrons. The molecule has 1 saturated heterocycles. The highest BCUT2D eigenvalue weighted by atomic mass is 16.5. The normalized spacial score (nSPS) is 17.3. The van der Waals surface area contributed by atoms with Crippen LogP contribution >= 0.6 is 0 Å². The number of fused-ring (bicyclic) bond motifs is 1. The van der Waals surface area contributed by atoms with Crippen molar-refractivity contribution in [2.45, 2.75) is 44.3 Å². The van der Waals surface area contributed by atoms with E-state index in [-0.39, 0.29) is 30.2 Å². The second-order valence-corrected chi connectivity index (χ2v) is 7.76. The molecule has 12 nitrogen and oxygen atoms in total. The van der Waals surface area contributed by atoms with Crippen LogP contribution in [0.15, 0.2) is 12.1 Å². The fourth-order valence-electron chi connectivity index (χ4n) is 3.52. The van der Waals surface area contributed by atoms with Gasteiger partial charge in [-0.15, -0.1) is 0 Å². The van der Waals surface area contributed by atoms with Gasteiger partial charge in [0.2, 0.25) is 11.8 Å². The summed E-state index contributed by atoms with van der Waals surface area (Å²) in [7, 11) is -1.09. The van der Waals surface area contributed by atoms with Crippen LogP contribution in [0, 0.1) is 0 Å². The molecule has 0 aromatic heterocycles. The predicted octanol–water partition coefficient (Wildman–Crippen LogP) is -1.30. The molecule has 13 heteroatoms. The first kappa shape index (κ1) is 23.4. The smallest absolute Gasteiger partial charge is 0.522 e. The molecule has 2 heterocycles. The van der Waals surface area contributed by atoms with Crippen molar-refractivity contribution in [3.63, 3.8) is 0 Å².